The number of nitrogens with zero attached hydrogens (tertiary/aromatic N) is 2. The topological polar surface area (TPSA) is 43.0 Å². The van der Waals surface area contributed by atoms with Crippen molar-refractivity contribution in [3.63, 3.8) is 0 Å². The summed E-state index contributed by atoms with van der Waals surface area (Å²) in [5.41, 5.74) is 2.58. The van der Waals surface area contributed by atoms with E-state index in [1.165, 1.54) is 0 Å². The quantitative estimate of drug-likeness (QED) is 0.447. The maximum atomic E-state index is 12.2. The second-order valence-electron chi connectivity index (χ2n) is 4.89. The van der Waals surface area contributed by atoms with Gasteiger partial charge in [-0.1, -0.05) is 18.2 Å². The van der Waals surface area contributed by atoms with Crippen LogP contribution in [0.3, 0.4) is 0 Å². The number of para-hydroxylation sites is 1. The summed E-state index contributed by atoms with van der Waals surface area (Å²) < 4.78 is 3.48. The summed E-state index contributed by atoms with van der Waals surface area (Å²) in [4.78, 5) is 24.1. The first kappa shape index (κ1) is 10.4. The van der Waals surface area contributed by atoms with Crippen LogP contribution in [0, 0.1) is 0 Å². The van der Waals surface area contributed by atoms with Crippen LogP contribution in [0.25, 0.3) is 21.8 Å². The lowest BCUT2D eigenvalue weighted by molar-refractivity contribution is -0.677. The SMILES string of the molecule is C[n+]1ccc2c3ccccc3n3c2c1CC(=O)C3=O. The zero-order chi connectivity index (χ0) is 13.1. The zero-order valence-corrected chi connectivity index (χ0v) is 10.4. The van der Waals surface area contributed by atoms with Gasteiger partial charge in [0.05, 0.1) is 5.52 Å². The summed E-state index contributed by atoms with van der Waals surface area (Å²) in [5, 5.41) is 2.05. The highest BCUT2D eigenvalue weighted by Gasteiger charge is 2.33. The van der Waals surface area contributed by atoms with Crippen molar-refractivity contribution in [2.45, 2.75) is 6.42 Å². The van der Waals surface area contributed by atoms with E-state index in [4.69, 9.17) is 0 Å². The minimum absolute atomic E-state index is 0.184. The molecule has 0 unspecified atom stereocenters. The lowest BCUT2D eigenvalue weighted by Crippen LogP contribution is -2.40. The van der Waals surface area contributed by atoms with Gasteiger partial charge in [0.2, 0.25) is 11.5 Å². The van der Waals surface area contributed by atoms with Gasteiger partial charge in [-0.05, 0) is 6.07 Å². The lowest BCUT2D eigenvalue weighted by atomic mass is 10.1. The molecule has 1 aliphatic rings. The van der Waals surface area contributed by atoms with Gasteiger partial charge >= 0.3 is 0 Å². The minimum atomic E-state index is -0.426. The second-order valence-corrected chi connectivity index (χ2v) is 4.89. The molecule has 4 heteroatoms. The van der Waals surface area contributed by atoms with Gasteiger partial charge < -0.3 is 0 Å². The van der Waals surface area contributed by atoms with E-state index in [0.29, 0.717) is 0 Å². The minimum Gasteiger partial charge on any atom is -0.288 e. The first-order valence-corrected chi connectivity index (χ1v) is 6.16. The fourth-order valence-corrected chi connectivity index (χ4v) is 2.93. The van der Waals surface area contributed by atoms with Crippen molar-refractivity contribution in [3.8, 4) is 0 Å². The molecule has 0 amide bonds. The Kier molecular flexibility index (Phi) is 1.81. The van der Waals surface area contributed by atoms with Crippen molar-refractivity contribution in [1.82, 2.24) is 4.57 Å². The van der Waals surface area contributed by atoms with Crippen LogP contribution < -0.4 is 4.57 Å². The Hall–Kier alpha value is -2.49. The van der Waals surface area contributed by atoms with E-state index < -0.39 is 5.91 Å². The molecule has 0 spiro atoms. The Morgan fingerprint density at radius 1 is 1.11 bits per heavy atom. The molecule has 0 atom stereocenters. The normalized spacial score (nSPS) is 14.6. The molecule has 1 aliphatic heterocycles. The molecule has 0 radical (unpaired) electrons. The Labute approximate surface area is 108 Å². The number of Topliss-reactive ketones (excluding diaryl/α,β-unsaturated/α-hetero) is 1. The highest BCUT2D eigenvalue weighted by molar-refractivity contribution is 6.42. The standard InChI is InChI=1S/C15H11N2O2/c1-16-7-6-10-9-4-2-3-5-11(9)17-14(10)12(16)8-13(18)15(17)19/h2-7H,8H2,1H3/q+1. The number of fused-ring (bicyclic) bond motifs is 3. The Morgan fingerprint density at radius 2 is 1.89 bits per heavy atom. The third kappa shape index (κ3) is 1.15. The van der Waals surface area contributed by atoms with Crippen LogP contribution in [0.4, 0.5) is 0 Å². The number of pyridine rings is 1. The van der Waals surface area contributed by atoms with E-state index in [-0.39, 0.29) is 12.2 Å². The summed E-state index contributed by atoms with van der Waals surface area (Å²) in [6, 6.07) is 9.71. The van der Waals surface area contributed by atoms with Gasteiger partial charge in [-0.2, -0.15) is 0 Å². The molecule has 0 saturated heterocycles. The number of carbonyl (C=O) groups excluding carboxylic acids is 2. The van der Waals surface area contributed by atoms with Gasteiger partial charge in [-0.3, -0.25) is 14.2 Å². The molecule has 19 heavy (non-hydrogen) atoms. The predicted octanol–water partition coefficient (Wildman–Crippen LogP) is 1.38. The first-order valence-electron chi connectivity index (χ1n) is 6.16. The number of aryl methyl sites for hydroxylation is 1. The number of benzene rings is 1. The molecule has 0 N–H and O–H groups in total. The van der Waals surface area contributed by atoms with E-state index in [2.05, 4.69) is 0 Å². The second kappa shape index (κ2) is 3.29. The number of ketones is 1. The molecule has 4 nitrogen and oxygen atoms in total. The summed E-state index contributed by atoms with van der Waals surface area (Å²) in [6.45, 7) is 0. The predicted molar refractivity (Wildman–Crippen MR) is 70.0 cm³/mol. The number of hydrogen-bond acceptors (Lipinski definition) is 2. The molecule has 3 aromatic rings. The van der Waals surface area contributed by atoms with Gasteiger partial charge in [0.1, 0.15) is 19.0 Å². The maximum Gasteiger partial charge on any atom is 0.299 e. The Morgan fingerprint density at radius 3 is 2.74 bits per heavy atom. The summed E-state index contributed by atoms with van der Waals surface area (Å²) in [6.07, 6.45) is 2.13. The summed E-state index contributed by atoms with van der Waals surface area (Å²) in [5.74, 6) is -0.776. The average molecular weight is 251 g/mol. The van der Waals surface area contributed by atoms with E-state index in [0.717, 1.165) is 27.5 Å². The lowest BCUT2D eigenvalue weighted by Gasteiger charge is -2.11. The average Bonchev–Trinajstić information content (AvgIpc) is 2.75. The largest absolute Gasteiger partial charge is 0.299 e. The fraction of sp³-hybridized carbons (Fsp3) is 0.133. The fourth-order valence-electron chi connectivity index (χ4n) is 2.93. The molecule has 2 aromatic heterocycles. The number of hydrogen-bond donors (Lipinski definition) is 0. The molecule has 0 bridgehead atoms. The number of carbonyl (C=O) groups is 2. The van der Waals surface area contributed by atoms with Gasteiger partial charge in [-0.25, -0.2) is 4.57 Å². The monoisotopic (exact) mass is 251 g/mol. The van der Waals surface area contributed by atoms with E-state index in [1.807, 2.05) is 48.1 Å². The van der Waals surface area contributed by atoms with Gasteiger partial charge in [-0.15, -0.1) is 0 Å². The van der Waals surface area contributed by atoms with Crippen molar-refractivity contribution < 1.29 is 14.2 Å². The highest BCUT2D eigenvalue weighted by Crippen LogP contribution is 2.31. The maximum absolute atomic E-state index is 12.2. The molecule has 0 fully saturated rings. The third-order valence-corrected chi connectivity index (χ3v) is 3.85. The van der Waals surface area contributed by atoms with Crippen molar-refractivity contribution in [2.75, 3.05) is 0 Å². The molecule has 1 aromatic carbocycles. The molecule has 0 saturated carbocycles. The van der Waals surface area contributed by atoms with E-state index in [9.17, 15) is 9.59 Å². The van der Waals surface area contributed by atoms with Crippen LogP contribution in [0.5, 0.6) is 0 Å². The number of rotatable bonds is 0. The number of aromatic nitrogens is 2. The smallest absolute Gasteiger partial charge is 0.288 e. The molecular formula is C15H11N2O2+. The van der Waals surface area contributed by atoms with Gasteiger partial charge in [0.25, 0.3) is 5.91 Å². The van der Waals surface area contributed by atoms with Crippen LogP contribution in [0.2, 0.25) is 0 Å². The van der Waals surface area contributed by atoms with E-state index in [1.54, 1.807) is 4.57 Å². The van der Waals surface area contributed by atoms with Crippen LogP contribution in [-0.4, -0.2) is 16.3 Å². The van der Waals surface area contributed by atoms with Gasteiger partial charge in [0, 0.05) is 16.8 Å². The van der Waals surface area contributed by atoms with Crippen LogP contribution in [-0.2, 0) is 18.3 Å². The Balaban J connectivity index is 2.37. The molecular weight excluding hydrogens is 240 g/mol. The molecule has 3 heterocycles. The highest BCUT2D eigenvalue weighted by atomic mass is 16.2. The van der Waals surface area contributed by atoms with Crippen molar-refractivity contribution in [2.24, 2.45) is 7.05 Å². The van der Waals surface area contributed by atoms with Crippen molar-refractivity contribution in [3.05, 3.63) is 42.2 Å². The molecule has 0 aliphatic carbocycles. The van der Waals surface area contributed by atoms with Crippen LogP contribution >= 0.6 is 0 Å². The van der Waals surface area contributed by atoms with Crippen LogP contribution in [0.15, 0.2) is 36.5 Å². The molecule has 4 rings (SSSR count). The van der Waals surface area contributed by atoms with Crippen LogP contribution in [0.1, 0.15) is 10.5 Å². The zero-order valence-electron chi connectivity index (χ0n) is 10.4. The van der Waals surface area contributed by atoms with Gasteiger partial charge in [0.15, 0.2) is 6.20 Å². The summed E-state index contributed by atoms with van der Waals surface area (Å²) in [7, 11) is 1.90. The summed E-state index contributed by atoms with van der Waals surface area (Å²) >= 11 is 0. The first-order chi connectivity index (χ1) is 9.18. The van der Waals surface area contributed by atoms with E-state index >= 15 is 0 Å². The Bertz CT molecular complexity index is 890. The van der Waals surface area contributed by atoms with Crippen molar-refractivity contribution in [1.29, 1.82) is 0 Å². The third-order valence-electron chi connectivity index (χ3n) is 3.85. The van der Waals surface area contributed by atoms with Crippen molar-refractivity contribution >= 4 is 33.5 Å². The molecule has 92 valence electrons.